The molecule has 2 aromatic rings. The van der Waals surface area contributed by atoms with Crippen LogP contribution in [0.1, 0.15) is 24.8 Å². The van der Waals surface area contributed by atoms with Crippen LogP contribution in [0, 0.1) is 0 Å². The highest BCUT2D eigenvalue weighted by Gasteiger charge is 2.24. The Bertz CT molecular complexity index is 561. The lowest BCUT2D eigenvalue weighted by Crippen LogP contribution is -1.97. The van der Waals surface area contributed by atoms with Gasteiger partial charge in [-0.15, -0.1) is 0 Å². The fraction of sp³-hybridized carbons (Fsp3) is 0.333. The highest BCUT2D eigenvalue weighted by Crippen LogP contribution is 2.34. The summed E-state index contributed by atoms with van der Waals surface area (Å²) in [5.74, 6) is 0.731. The number of benzene rings is 1. The van der Waals surface area contributed by atoms with E-state index in [1.807, 2.05) is 0 Å². The van der Waals surface area contributed by atoms with Crippen LogP contribution in [-0.2, 0) is 4.74 Å². The average Bonchev–Trinajstić information content (AvgIpc) is 3.01. The second-order valence-electron chi connectivity index (χ2n) is 4.20. The van der Waals surface area contributed by atoms with Crippen LogP contribution < -0.4 is 5.73 Å². The summed E-state index contributed by atoms with van der Waals surface area (Å²) in [6.45, 7) is 0.720. The van der Waals surface area contributed by atoms with Crippen molar-refractivity contribution in [1.29, 1.82) is 0 Å². The Morgan fingerprint density at radius 2 is 2.28 bits per heavy atom. The van der Waals surface area contributed by atoms with Crippen molar-refractivity contribution in [2.75, 3.05) is 12.3 Å². The summed E-state index contributed by atoms with van der Waals surface area (Å²) >= 11 is 0. The molecule has 3 rings (SSSR count). The number of phenols is 1. The summed E-state index contributed by atoms with van der Waals surface area (Å²) in [6, 6.07) is 5.01. The zero-order chi connectivity index (χ0) is 12.5. The van der Waals surface area contributed by atoms with Gasteiger partial charge in [-0.3, -0.25) is 0 Å². The van der Waals surface area contributed by atoms with Gasteiger partial charge in [-0.1, -0.05) is 11.2 Å². The first-order valence-corrected chi connectivity index (χ1v) is 5.79. The molecule has 94 valence electrons. The molecule has 6 nitrogen and oxygen atoms in total. The molecular formula is C12H13N3O3. The van der Waals surface area contributed by atoms with Gasteiger partial charge in [-0.2, -0.15) is 4.98 Å². The highest BCUT2D eigenvalue weighted by molar-refractivity contribution is 5.71. The fourth-order valence-electron chi connectivity index (χ4n) is 1.99. The van der Waals surface area contributed by atoms with Crippen LogP contribution in [-0.4, -0.2) is 21.9 Å². The second-order valence-corrected chi connectivity index (χ2v) is 4.20. The lowest BCUT2D eigenvalue weighted by molar-refractivity contribution is 0.103. The van der Waals surface area contributed by atoms with E-state index in [-0.39, 0.29) is 23.4 Å². The largest absolute Gasteiger partial charge is 0.505 e. The number of para-hydroxylation sites is 1. The van der Waals surface area contributed by atoms with Crippen LogP contribution in [0.15, 0.2) is 22.7 Å². The van der Waals surface area contributed by atoms with E-state index < -0.39 is 0 Å². The predicted molar refractivity (Wildman–Crippen MR) is 63.7 cm³/mol. The number of hydrogen-bond donors (Lipinski definition) is 2. The van der Waals surface area contributed by atoms with E-state index in [2.05, 4.69) is 10.1 Å². The van der Waals surface area contributed by atoms with E-state index in [9.17, 15) is 5.11 Å². The van der Waals surface area contributed by atoms with Gasteiger partial charge in [0.1, 0.15) is 6.10 Å². The van der Waals surface area contributed by atoms with E-state index in [0.717, 1.165) is 19.4 Å². The van der Waals surface area contributed by atoms with Crippen LogP contribution in [0.5, 0.6) is 5.75 Å². The molecule has 1 aromatic carbocycles. The van der Waals surface area contributed by atoms with Gasteiger partial charge in [0.05, 0.1) is 11.3 Å². The van der Waals surface area contributed by atoms with E-state index in [1.165, 1.54) is 0 Å². The fourth-order valence-corrected chi connectivity index (χ4v) is 1.99. The van der Waals surface area contributed by atoms with E-state index >= 15 is 0 Å². The molecule has 1 saturated heterocycles. The maximum Gasteiger partial charge on any atom is 0.261 e. The lowest BCUT2D eigenvalue weighted by atomic mass is 10.1. The third-order valence-corrected chi connectivity index (χ3v) is 2.96. The lowest BCUT2D eigenvalue weighted by Gasteiger charge is -2.02. The summed E-state index contributed by atoms with van der Waals surface area (Å²) in [7, 11) is 0. The van der Waals surface area contributed by atoms with Crippen molar-refractivity contribution in [1.82, 2.24) is 10.1 Å². The van der Waals surface area contributed by atoms with E-state index in [0.29, 0.717) is 11.4 Å². The molecule has 1 fully saturated rings. The van der Waals surface area contributed by atoms with Crippen LogP contribution in [0.4, 0.5) is 5.69 Å². The Kier molecular flexibility index (Phi) is 2.64. The number of nitrogen functional groups attached to an aromatic ring is 1. The Morgan fingerprint density at radius 3 is 3.06 bits per heavy atom. The van der Waals surface area contributed by atoms with Crippen molar-refractivity contribution >= 4 is 5.69 Å². The number of phenolic OH excluding ortho intramolecular Hbond substituents is 1. The summed E-state index contributed by atoms with van der Waals surface area (Å²) in [5.41, 5.74) is 6.34. The molecule has 0 bridgehead atoms. The van der Waals surface area contributed by atoms with Gasteiger partial charge in [0.2, 0.25) is 5.82 Å². The molecule has 1 aliphatic rings. The first kappa shape index (κ1) is 11.0. The van der Waals surface area contributed by atoms with Crippen molar-refractivity contribution < 1.29 is 14.4 Å². The van der Waals surface area contributed by atoms with Crippen molar-refractivity contribution in [2.45, 2.75) is 18.9 Å². The molecule has 0 aliphatic carbocycles. The van der Waals surface area contributed by atoms with Crippen LogP contribution in [0.25, 0.3) is 11.5 Å². The molecule has 1 atom stereocenters. The maximum atomic E-state index is 9.84. The molecule has 3 N–H and O–H groups in total. The Hall–Kier alpha value is -2.08. The standard InChI is InChI=1S/C12H13N3O3/c13-8-4-1-3-7(10(8)16)12-14-11(15-18-12)9-5-2-6-17-9/h1,3-4,9,16H,2,5-6,13H2. The first-order chi connectivity index (χ1) is 8.75. The number of aromatic nitrogens is 2. The third kappa shape index (κ3) is 1.80. The quantitative estimate of drug-likeness (QED) is 0.621. The molecule has 2 heterocycles. The molecule has 6 heteroatoms. The Balaban J connectivity index is 1.95. The molecule has 1 aliphatic heterocycles. The minimum Gasteiger partial charge on any atom is -0.505 e. The maximum absolute atomic E-state index is 9.84. The zero-order valence-corrected chi connectivity index (χ0v) is 9.67. The van der Waals surface area contributed by atoms with E-state index in [4.69, 9.17) is 15.0 Å². The monoisotopic (exact) mass is 247 g/mol. The van der Waals surface area contributed by atoms with Crippen molar-refractivity contribution in [3.63, 3.8) is 0 Å². The number of ether oxygens (including phenoxy) is 1. The number of anilines is 1. The number of aromatic hydroxyl groups is 1. The normalized spacial score (nSPS) is 19.2. The minimum atomic E-state index is -0.106. The van der Waals surface area contributed by atoms with Crippen LogP contribution in [0.3, 0.4) is 0 Å². The smallest absolute Gasteiger partial charge is 0.261 e. The summed E-state index contributed by atoms with van der Waals surface area (Å²) in [6.07, 6.45) is 1.78. The topological polar surface area (TPSA) is 94.4 Å². The van der Waals surface area contributed by atoms with E-state index in [1.54, 1.807) is 18.2 Å². The first-order valence-electron chi connectivity index (χ1n) is 5.79. The van der Waals surface area contributed by atoms with Gasteiger partial charge < -0.3 is 20.1 Å². The number of rotatable bonds is 2. The highest BCUT2D eigenvalue weighted by atomic mass is 16.5. The molecule has 0 saturated carbocycles. The van der Waals surface area contributed by atoms with Crippen LogP contribution >= 0.6 is 0 Å². The summed E-state index contributed by atoms with van der Waals surface area (Å²) in [5, 5.41) is 13.7. The molecule has 1 aromatic heterocycles. The van der Waals surface area contributed by atoms with Gasteiger partial charge in [-0.05, 0) is 25.0 Å². The number of nitrogens with zero attached hydrogens (tertiary/aromatic N) is 2. The SMILES string of the molecule is Nc1cccc(-c2nc(C3CCCO3)no2)c1O. The van der Waals surface area contributed by atoms with Crippen LogP contribution in [0.2, 0.25) is 0 Å². The molecule has 0 amide bonds. The van der Waals surface area contributed by atoms with Crippen molar-refractivity contribution in [3.05, 3.63) is 24.0 Å². The summed E-state index contributed by atoms with van der Waals surface area (Å²) in [4.78, 5) is 4.25. The van der Waals surface area contributed by atoms with Gasteiger partial charge in [0, 0.05) is 6.61 Å². The molecule has 1 unspecified atom stereocenters. The number of hydrogen-bond acceptors (Lipinski definition) is 6. The zero-order valence-electron chi connectivity index (χ0n) is 9.67. The Labute approximate surface area is 103 Å². The van der Waals surface area contributed by atoms with Gasteiger partial charge in [-0.25, -0.2) is 0 Å². The van der Waals surface area contributed by atoms with Crippen molar-refractivity contribution in [3.8, 4) is 17.2 Å². The molecule has 18 heavy (non-hydrogen) atoms. The molecule has 0 spiro atoms. The number of nitrogens with two attached hydrogens (primary N) is 1. The minimum absolute atomic E-state index is 0.0416. The van der Waals surface area contributed by atoms with Crippen molar-refractivity contribution in [2.24, 2.45) is 0 Å². The van der Waals surface area contributed by atoms with Gasteiger partial charge >= 0.3 is 0 Å². The third-order valence-electron chi connectivity index (χ3n) is 2.96. The van der Waals surface area contributed by atoms with Gasteiger partial charge in [0.15, 0.2) is 5.75 Å². The molecular weight excluding hydrogens is 234 g/mol. The van der Waals surface area contributed by atoms with Gasteiger partial charge in [0.25, 0.3) is 5.89 Å². The predicted octanol–water partition coefficient (Wildman–Crippen LogP) is 1.88. The average molecular weight is 247 g/mol. The summed E-state index contributed by atoms with van der Waals surface area (Å²) < 4.78 is 10.6. The Morgan fingerprint density at radius 1 is 1.39 bits per heavy atom. The molecule has 0 radical (unpaired) electrons. The second kappa shape index (κ2) is 4.30.